The van der Waals surface area contributed by atoms with E-state index in [0.717, 1.165) is 50.5 Å². The van der Waals surface area contributed by atoms with Crippen molar-refractivity contribution in [1.29, 1.82) is 0 Å². The average molecular weight is 472 g/mol. The molecule has 1 aliphatic rings. The molecule has 0 saturated heterocycles. The quantitative estimate of drug-likeness (QED) is 0.363. The number of ether oxygens (including phenoxy) is 3. The van der Waals surface area contributed by atoms with Gasteiger partial charge in [-0.15, -0.1) is 0 Å². The number of aliphatic carboxylic acids is 1. The predicted octanol–water partition coefficient (Wildman–Crippen LogP) is 5.87. The van der Waals surface area contributed by atoms with Gasteiger partial charge in [-0.3, -0.25) is 4.98 Å². The standard InChI is InChI=1S/C29H29NO5/c1-17-15-19-7-5-6-8-20(19)25(23(17)27(28(31)32)35-29(2,3)16-33-4)21-9-10-22-24-18(12-14-34-22)11-13-30-26(21)24/h5-11,13,15,27H,12,14,16H2,1-4H3,(H,31,32)/t27-/m0/s1. The van der Waals surface area contributed by atoms with E-state index in [1.165, 1.54) is 5.56 Å². The van der Waals surface area contributed by atoms with Crippen molar-refractivity contribution in [1.82, 2.24) is 4.98 Å². The molecule has 6 heteroatoms. The minimum atomic E-state index is -1.19. The number of rotatable bonds is 7. The first kappa shape index (κ1) is 23.3. The van der Waals surface area contributed by atoms with Crippen LogP contribution in [0.5, 0.6) is 5.75 Å². The number of benzene rings is 3. The first-order chi connectivity index (χ1) is 16.8. The summed E-state index contributed by atoms with van der Waals surface area (Å²) in [6.45, 7) is 6.51. The number of fused-ring (bicyclic) bond motifs is 1. The lowest BCUT2D eigenvalue weighted by Gasteiger charge is -2.31. The molecular weight excluding hydrogens is 442 g/mol. The van der Waals surface area contributed by atoms with E-state index in [0.29, 0.717) is 12.2 Å². The molecule has 0 unspecified atom stereocenters. The molecule has 1 aliphatic heterocycles. The van der Waals surface area contributed by atoms with Gasteiger partial charge < -0.3 is 19.3 Å². The molecule has 0 saturated carbocycles. The van der Waals surface area contributed by atoms with E-state index >= 15 is 0 Å². The number of methoxy groups -OCH3 is 1. The Bertz CT molecular complexity index is 1430. The summed E-state index contributed by atoms with van der Waals surface area (Å²) < 4.78 is 17.5. The Morgan fingerprint density at radius 1 is 1.20 bits per heavy atom. The highest BCUT2D eigenvalue weighted by Crippen LogP contribution is 2.45. The maximum atomic E-state index is 12.7. The number of aromatic nitrogens is 1. The second-order valence-electron chi connectivity index (χ2n) is 9.64. The lowest BCUT2D eigenvalue weighted by molar-refractivity contribution is -0.167. The van der Waals surface area contributed by atoms with Gasteiger partial charge in [0, 0.05) is 36.2 Å². The molecule has 35 heavy (non-hydrogen) atoms. The van der Waals surface area contributed by atoms with E-state index in [9.17, 15) is 9.90 Å². The zero-order valence-electron chi connectivity index (χ0n) is 20.4. The Kier molecular flexibility index (Phi) is 5.95. The van der Waals surface area contributed by atoms with Crippen molar-refractivity contribution in [2.45, 2.75) is 38.9 Å². The molecule has 1 N–H and O–H groups in total. The number of carboxylic acids is 1. The van der Waals surface area contributed by atoms with Crippen LogP contribution in [0.15, 0.2) is 54.7 Å². The van der Waals surface area contributed by atoms with Crippen LogP contribution in [0.1, 0.15) is 36.6 Å². The van der Waals surface area contributed by atoms with Crippen LogP contribution in [0.2, 0.25) is 0 Å². The van der Waals surface area contributed by atoms with E-state index in [-0.39, 0.29) is 6.61 Å². The van der Waals surface area contributed by atoms with Crippen molar-refractivity contribution in [2.24, 2.45) is 0 Å². The highest BCUT2D eigenvalue weighted by Gasteiger charge is 2.34. The normalized spacial score (nSPS) is 14.2. The molecule has 0 aliphatic carbocycles. The minimum Gasteiger partial charge on any atom is -0.493 e. The van der Waals surface area contributed by atoms with Gasteiger partial charge in [-0.25, -0.2) is 4.79 Å². The maximum absolute atomic E-state index is 12.7. The van der Waals surface area contributed by atoms with Crippen molar-refractivity contribution in [3.8, 4) is 16.9 Å². The fourth-order valence-electron chi connectivity index (χ4n) is 5.17. The highest BCUT2D eigenvalue weighted by atomic mass is 16.6. The number of pyridine rings is 1. The highest BCUT2D eigenvalue weighted by molar-refractivity contribution is 6.08. The number of carbonyl (C=O) groups is 1. The number of aryl methyl sites for hydroxylation is 1. The first-order valence-electron chi connectivity index (χ1n) is 11.8. The van der Waals surface area contributed by atoms with E-state index < -0.39 is 17.7 Å². The van der Waals surface area contributed by atoms with Crippen molar-refractivity contribution in [2.75, 3.05) is 20.3 Å². The zero-order valence-corrected chi connectivity index (χ0v) is 20.4. The molecule has 0 bridgehead atoms. The van der Waals surface area contributed by atoms with E-state index in [1.54, 1.807) is 7.11 Å². The molecule has 0 amide bonds. The Morgan fingerprint density at radius 3 is 2.77 bits per heavy atom. The van der Waals surface area contributed by atoms with Crippen LogP contribution in [-0.2, 0) is 20.7 Å². The summed E-state index contributed by atoms with van der Waals surface area (Å²) in [5.74, 6) is -0.239. The second-order valence-corrected chi connectivity index (χ2v) is 9.64. The molecular formula is C29H29NO5. The van der Waals surface area contributed by atoms with E-state index in [4.69, 9.17) is 19.2 Å². The monoisotopic (exact) mass is 471 g/mol. The van der Waals surface area contributed by atoms with Crippen LogP contribution in [0.4, 0.5) is 0 Å². The number of carboxylic acid groups (broad SMARTS) is 1. The Labute approximate surface area is 204 Å². The summed E-state index contributed by atoms with van der Waals surface area (Å²) in [4.78, 5) is 17.4. The van der Waals surface area contributed by atoms with Crippen molar-refractivity contribution >= 4 is 27.6 Å². The predicted molar refractivity (Wildman–Crippen MR) is 136 cm³/mol. The molecule has 3 aromatic carbocycles. The second kappa shape index (κ2) is 8.95. The molecule has 2 heterocycles. The number of nitrogens with zero attached hydrogens (tertiary/aromatic N) is 1. The molecule has 5 rings (SSSR count). The van der Waals surface area contributed by atoms with Gasteiger partial charge in [0.15, 0.2) is 6.10 Å². The third-order valence-electron chi connectivity index (χ3n) is 6.55. The summed E-state index contributed by atoms with van der Waals surface area (Å²) in [6.07, 6.45) is 1.44. The summed E-state index contributed by atoms with van der Waals surface area (Å²) in [7, 11) is 1.58. The van der Waals surface area contributed by atoms with Gasteiger partial charge in [-0.2, -0.15) is 0 Å². The summed E-state index contributed by atoms with van der Waals surface area (Å²) >= 11 is 0. The maximum Gasteiger partial charge on any atom is 0.337 e. The van der Waals surface area contributed by atoms with Gasteiger partial charge in [0.25, 0.3) is 0 Å². The molecule has 180 valence electrons. The Hall–Kier alpha value is -3.48. The largest absolute Gasteiger partial charge is 0.493 e. The van der Waals surface area contributed by atoms with Gasteiger partial charge in [0.1, 0.15) is 5.75 Å². The van der Waals surface area contributed by atoms with Gasteiger partial charge in [0.2, 0.25) is 0 Å². The van der Waals surface area contributed by atoms with Crippen LogP contribution < -0.4 is 4.74 Å². The fraction of sp³-hybridized carbons (Fsp3) is 0.310. The van der Waals surface area contributed by atoms with Crippen LogP contribution >= 0.6 is 0 Å². The molecule has 1 aromatic heterocycles. The van der Waals surface area contributed by atoms with Gasteiger partial charge in [-0.05, 0) is 66.4 Å². The third-order valence-corrected chi connectivity index (χ3v) is 6.55. The molecule has 0 fully saturated rings. The van der Waals surface area contributed by atoms with Gasteiger partial charge in [-0.1, -0.05) is 30.3 Å². The SMILES string of the molecule is COCC(C)(C)O[C@H](C(=O)O)c1c(C)cc2ccccc2c1-c1ccc2c3c(ccnc13)CCO2. The number of hydrogen-bond acceptors (Lipinski definition) is 5. The number of hydrogen-bond donors (Lipinski definition) is 1. The van der Waals surface area contributed by atoms with Crippen LogP contribution in [0, 0.1) is 6.92 Å². The topological polar surface area (TPSA) is 77.9 Å². The average Bonchev–Trinajstić information content (AvgIpc) is 2.83. The lowest BCUT2D eigenvalue weighted by Crippen LogP contribution is -2.35. The first-order valence-corrected chi connectivity index (χ1v) is 11.8. The molecule has 0 radical (unpaired) electrons. The van der Waals surface area contributed by atoms with Gasteiger partial charge in [0.05, 0.1) is 24.3 Å². The van der Waals surface area contributed by atoms with Crippen molar-refractivity contribution in [3.05, 3.63) is 71.4 Å². The molecule has 1 atom stereocenters. The van der Waals surface area contributed by atoms with E-state index in [1.807, 2.05) is 75.5 Å². The van der Waals surface area contributed by atoms with E-state index in [2.05, 4.69) is 0 Å². The van der Waals surface area contributed by atoms with Crippen LogP contribution in [-0.4, -0.2) is 42.0 Å². The Morgan fingerprint density at radius 2 is 2.00 bits per heavy atom. The van der Waals surface area contributed by atoms with Crippen molar-refractivity contribution in [3.63, 3.8) is 0 Å². The zero-order chi connectivity index (χ0) is 24.7. The lowest BCUT2D eigenvalue weighted by atomic mass is 9.85. The third kappa shape index (κ3) is 4.13. The summed E-state index contributed by atoms with van der Waals surface area (Å²) in [5, 5.41) is 13.3. The van der Waals surface area contributed by atoms with Gasteiger partial charge >= 0.3 is 5.97 Å². The van der Waals surface area contributed by atoms with Crippen LogP contribution in [0.25, 0.3) is 32.8 Å². The minimum absolute atomic E-state index is 0.263. The summed E-state index contributed by atoms with van der Waals surface area (Å²) in [6, 6.07) is 16.0. The fourth-order valence-corrected chi connectivity index (χ4v) is 5.17. The smallest absolute Gasteiger partial charge is 0.337 e. The van der Waals surface area contributed by atoms with Crippen LogP contribution in [0.3, 0.4) is 0 Å². The molecule has 6 nitrogen and oxygen atoms in total. The summed E-state index contributed by atoms with van der Waals surface area (Å²) in [5.41, 5.74) is 4.34. The molecule has 4 aromatic rings. The molecule has 0 spiro atoms. The van der Waals surface area contributed by atoms with Crippen molar-refractivity contribution < 1.29 is 24.1 Å². The Balaban J connectivity index is 1.85.